The molecule has 1 saturated carbocycles. The smallest absolute Gasteiger partial charge is 0.338 e. The van der Waals surface area contributed by atoms with Crippen molar-refractivity contribution in [2.45, 2.75) is 70.7 Å². The highest BCUT2D eigenvalue weighted by molar-refractivity contribution is 5.78. The van der Waals surface area contributed by atoms with Crippen molar-refractivity contribution in [1.82, 2.24) is 0 Å². The van der Waals surface area contributed by atoms with Crippen LogP contribution in [0.2, 0.25) is 0 Å². The molecule has 0 spiro atoms. The lowest BCUT2D eigenvalue weighted by atomic mass is 9.86. The summed E-state index contributed by atoms with van der Waals surface area (Å²) in [5.74, 6) is 0.603. The second-order valence-corrected chi connectivity index (χ2v) is 5.32. The number of hydrogen-bond donors (Lipinski definition) is 0. The van der Waals surface area contributed by atoms with E-state index < -0.39 is 0 Å². The maximum Gasteiger partial charge on any atom is 0.338 e. The molecular weight excluding hydrogens is 204 g/mol. The third kappa shape index (κ3) is 3.21. The van der Waals surface area contributed by atoms with Gasteiger partial charge in [0, 0.05) is 0 Å². The fourth-order valence-electron chi connectivity index (χ4n) is 2.58. The van der Waals surface area contributed by atoms with Gasteiger partial charge in [0.1, 0.15) is 0 Å². The molecule has 0 unspecified atom stereocenters. The van der Waals surface area contributed by atoms with Crippen molar-refractivity contribution in [2.24, 2.45) is 5.92 Å². The third-order valence-electron chi connectivity index (χ3n) is 3.46. The number of carbonyl (C=O) groups is 1. The monoisotopic (exact) mass is 226 g/mol. The summed E-state index contributed by atoms with van der Waals surface area (Å²) in [6, 6.07) is 0. The molecule has 0 amide bonds. The highest BCUT2D eigenvalue weighted by atomic mass is 16.6. The summed E-state index contributed by atoms with van der Waals surface area (Å²) in [7, 11) is 0. The van der Waals surface area contributed by atoms with E-state index in [-0.39, 0.29) is 24.3 Å². The highest BCUT2D eigenvalue weighted by Crippen LogP contribution is 2.35. The van der Waals surface area contributed by atoms with Crippen LogP contribution in [0.3, 0.4) is 0 Å². The lowest BCUT2D eigenvalue weighted by Gasteiger charge is -2.20. The van der Waals surface area contributed by atoms with Crippen LogP contribution in [0.5, 0.6) is 0 Å². The SMILES string of the molecule is CC(C)OC(=O)[C@@H]1O[C@H]1CC1CCCCC1. The topological polar surface area (TPSA) is 38.8 Å². The van der Waals surface area contributed by atoms with Crippen molar-refractivity contribution in [2.75, 3.05) is 0 Å². The van der Waals surface area contributed by atoms with Crippen LogP contribution in [-0.4, -0.2) is 24.3 Å². The maximum atomic E-state index is 11.5. The third-order valence-corrected chi connectivity index (χ3v) is 3.46. The summed E-state index contributed by atoms with van der Waals surface area (Å²) in [5, 5.41) is 0. The molecule has 16 heavy (non-hydrogen) atoms. The molecule has 2 atom stereocenters. The van der Waals surface area contributed by atoms with E-state index in [1.807, 2.05) is 13.8 Å². The standard InChI is InChI=1S/C13H22O3/c1-9(2)15-13(14)12-11(16-12)8-10-6-4-3-5-7-10/h9-12H,3-8H2,1-2H3/t11-,12+/m0/s1. The molecule has 0 bridgehead atoms. The number of rotatable bonds is 4. The zero-order chi connectivity index (χ0) is 11.5. The van der Waals surface area contributed by atoms with Gasteiger partial charge in [0.25, 0.3) is 0 Å². The molecule has 0 aromatic heterocycles. The van der Waals surface area contributed by atoms with Gasteiger partial charge in [-0.25, -0.2) is 4.79 Å². The molecule has 2 rings (SSSR count). The molecule has 2 fully saturated rings. The zero-order valence-electron chi connectivity index (χ0n) is 10.3. The van der Waals surface area contributed by atoms with Crippen LogP contribution in [0.1, 0.15) is 52.4 Å². The normalized spacial score (nSPS) is 30.4. The number of hydrogen-bond acceptors (Lipinski definition) is 3. The molecule has 0 radical (unpaired) electrons. The Morgan fingerprint density at radius 2 is 2.00 bits per heavy atom. The molecular formula is C13H22O3. The first-order valence-electron chi connectivity index (χ1n) is 6.53. The van der Waals surface area contributed by atoms with Crippen molar-refractivity contribution in [3.8, 4) is 0 Å². The van der Waals surface area contributed by atoms with Crippen molar-refractivity contribution in [3.63, 3.8) is 0 Å². The van der Waals surface area contributed by atoms with Gasteiger partial charge in [-0.3, -0.25) is 0 Å². The van der Waals surface area contributed by atoms with Crippen LogP contribution in [0.15, 0.2) is 0 Å². The zero-order valence-corrected chi connectivity index (χ0v) is 10.3. The molecule has 1 heterocycles. The van der Waals surface area contributed by atoms with Gasteiger partial charge in [-0.15, -0.1) is 0 Å². The molecule has 0 aromatic rings. The van der Waals surface area contributed by atoms with Crippen molar-refractivity contribution >= 4 is 5.97 Å². The first-order valence-corrected chi connectivity index (χ1v) is 6.53. The highest BCUT2D eigenvalue weighted by Gasteiger charge is 2.47. The van der Waals surface area contributed by atoms with Crippen LogP contribution in [-0.2, 0) is 14.3 Å². The first kappa shape index (κ1) is 11.9. The van der Waals surface area contributed by atoms with Crippen LogP contribution in [0.25, 0.3) is 0 Å². The second kappa shape index (κ2) is 5.17. The summed E-state index contributed by atoms with van der Waals surface area (Å²) in [6.07, 6.45) is 7.60. The number of epoxide rings is 1. The van der Waals surface area contributed by atoms with E-state index >= 15 is 0 Å². The second-order valence-electron chi connectivity index (χ2n) is 5.32. The molecule has 92 valence electrons. The summed E-state index contributed by atoms with van der Waals surface area (Å²) in [4.78, 5) is 11.5. The minimum absolute atomic E-state index is 0.0352. The number of esters is 1. The minimum atomic E-state index is -0.260. The Kier molecular flexibility index (Phi) is 3.85. The minimum Gasteiger partial charge on any atom is -0.461 e. The van der Waals surface area contributed by atoms with Crippen molar-refractivity contribution in [3.05, 3.63) is 0 Å². The maximum absolute atomic E-state index is 11.5. The van der Waals surface area contributed by atoms with Gasteiger partial charge in [-0.05, 0) is 26.2 Å². The van der Waals surface area contributed by atoms with E-state index in [1.54, 1.807) is 0 Å². The molecule has 1 aliphatic heterocycles. The van der Waals surface area contributed by atoms with Gasteiger partial charge in [0.15, 0.2) is 6.10 Å². The molecule has 3 heteroatoms. The largest absolute Gasteiger partial charge is 0.461 e. The molecule has 1 aliphatic carbocycles. The van der Waals surface area contributed by atoms with Gasteiger partial charge in [0.05, 0.1) is 12.2 Å². The van der Waals surface area contributed by atoms with Gasteiger partial charge >= 0.3 is 5.97 Å². The summed E-state index contributed by atoms with van der Waals surface area (Å²) < 4.78 is 10.5. The molecule has 1 saturated heterocycles. The van der Waals surface area contributed by atoms with E-state index in [0.717, 1.165) is 12.3 Å². The van der Waals surface area contributed by atoms with E-state index in [1.165, 1.54) is 32.1 Å². The average Bonchev–Trinajstić information content (AvgIpc) is 2.98. The van der Waals surface area contributed by atoms with Crippen LogP contribution >= 0.6 is 0 Å². The number of ether oxygens (including phenoxy) is 2. The first-order chi connectivity index (χ1) is 7.66. The van der Waals surface area contributed by atoms with E-state index in [9.17, 15) is 4.79 Å². The van der Waals surface area contributed by atoms with Crippen LogP contribution in [0.4, 0.5) is 0 Å². The van der Waals surface area contributed by atoms with Crippen molar-refractivity contribution in [1.29, 1.82) is 0 Å². The predicted molar refractivity (Wildman–Crippen MR) is 61.1 cm³/mol. The molecule has 0 N–H and O–H groups in total. The Labute approximate surface area is 97.5 Å². The van der Waals surface area contributed by atoms with E-state index in [4.69, 9.17) is 9.47 Å². The van der Waals surface area contributed by atoms with Crippen molar-refractivity contribution < 1.29 is 14.3 Å². The summed E-state index contributed by atoms with van der Waals surface area (Å²) >= 11 is 0. The van der Waals surface area contributed by atoms with Gasteiger partial charge in [-0.2, -0.15) is 0 Å². The molecule has 3 nitrogen and oxygen atoms in total. The predicted octanol–water partition coefficient (Wildman–Crippen LogP) is 2.68. The fourth-order valence-corrected chi connectivity index (χ4v) is 2.58. The molecule has 2 aliphatic rings. The Morgan fingerprint density at radius 1 is 1.31 bits per heavy atom. The average molecular weight is 226 g/mol. The quantitative estimate of drug-likeness (QED) is 0.546. The van der Waals surface area contributed by atoms with Crippen LogP contribution < -0.4 is 0 Å². The Balaban J connectivity index is 1.68. The molecule has 0 aromatic carbocycles. The van der Waals surface area contributed by atoms with Gasteiger partial charge in [-0.1, -0.05) is 32.1 Å². The lowest BCUT2D eigenvalue weighted by molar-refractivity contribution is -0.148. The Bertz CT molecular complexity index is 244. The Hall–Kier alpha value is -0.570. The lowest BCUT2D eigenvalue weighted by Crippen LogP contribution is -2.19. The number of carbonyl (C=O) groups excluding carboxylic acids is 1. The summed E-state index contributed by atoms with van der Waals surface area (Å²) in [5.41, 5.74) is 0. The van der Waals surface area contributed by atoms with Gasteiger partial charge in [0.2, 0.25) is 0 Å². The van der Waals surface area contributed by atoms with Crippen LogP contribution in [0, 0.1) is 5.92 Å². The Morgan fingerprint density at radius 3 is 2.62 bits per heavy atom. The van der Waals surface area contributed by atoms with E-state index in [0.29, 0.717) is 0 Å². The summed E-state index contributed by atoms with van der Waals surface area (Å²) in [6.45, 7) is 3.74. The van der Waals surface area contributed by atoms with E-state index in [2.05, 4.69) is 0 Å². The van der Waals surface area contributed by atoms with Gasteiger partial charge < -0.3 is 9.47 Å². The fraction of sp³-hybridized carbons (Fsp3) is 0.923.